The zero-order chi connectivity index (χ0) is 15.4. The minimum Gasteiger partial charge on any atom is -0.304 e. The van der Waals surface area contributed by atoms with Crippen LogP contribution in [0.25, 0.3) is 0 Å². The van der Waals surface area contributed by atoms with Gasteiger partial charge in [-0.15, -0.1) is 0 Å². The van der Waals surface area contributed by atoms with E-state index in [-0.39, 0.29) is 6.04 Å². The van der Waals surface area contributed by atoms with Crippen molar-refractivity contribution in [3.05, 3.63) is 50.2 Å². The van der Waals surface area contributed by atoms with Gasteiger partial charge in [-0.25, -0.2) is 0 Å². The number of nitrogens with zero attached hydrogens (tertiary/aromatic N) is 2. The molecule has 1 atom stereocenters. The summed E-state index contributed by atoms with van der Waals surface area (Å²) in [5, 5.41) is 8.22. The average Bonchev–Trinajstić information content (AvgIpc) is 2.80. The molecule has 0 unspecified atom stereocenters. The van der Waals surface area contributed by atoms with E-state index in [0.717, 1.165) is 34.1 Å². The van der Waals surface area contributed by atoms with Gasteiger partial charge in [0.25, 0.3) is 0 Å². The van der Waals surface area contributed by atoms with E-state index in [1.807, 2.05) is 6.07 Å². The molecule has 21 heavy (non-hydrogen) atoms. The van der Waals surface area contributed by atoms with Crippen LogP contribution in [0, 0.1) is 0 Å². The fourth-order valence-corrected chi connectivity index (χ4v) is 3.70. The van der Waals surface area contributed by atoms with Crippen molar-refractivity contribution in [3.8, 4) is 0 Å². The Kier molecular flexibility index (Phi) is 6.02. The Labute approximate surface area is 143 Å². The number of hydrogen-bond donors (Lipinski definition) is 1. The van der Waals surface area contributed by atoms with Gasteiger partial charge in [0.2, 0.25) is 0 Å². The third-order valence-corrected chi connectivity index (χ3v) is 5.28. The first-order chi connectivity index (χ1) is 10.1. The second-order valence-corrected chi connectivity index (χ2v) is 6.65. The Morgan fingerprint density at radius 3 is 2.57 bits per heavy atom. The normalized spacial score (nSPS) is 12.6. The molecule has 0 aliphatic rings. The van der Waals surface area contributed by atoms with Gasteiger partial charge in [-0.1, -0.05) is 41.1 Å². The number of aryl methyl sites for hydroxylation is 2. The second kappa shape index (κ2) is 7.56. The van der Waals surface area contributed by atoms with E-state index in [2.05, 4.69) is 85.9 Å². The SMILES string of the molecule is CCc1nn(CC)c(CN[C@H](C)c2ccccc2Br)c1Br. The quantitative estimate of drug-likeness (QED) is 0.732. The number of halogens is 2. The molecule has 1 aromatic heterocycles. The summed E-state index contributed by atoms with van der Waals surface area (Å²) >= 11 is 7.31. The molecule has 5 heteroatoms. The highest BCUT2D eigenvalue weighted by molar-refractivity contribution is 9.10. The molecule has 1 heterocycles. The lowest BCUT2D eigenvalue weighted by molar-refractivity contribution is 0.528. The Balaban J connectivity index is 2.13. The number of aromatic nitrogens is 2. The van der Waals surface area contributed by atoms with Crippen LogP contribution in [0.15, 0.2) is 33.2 Å². The van der Waals surface area contributed by atoms with Gasteiger partial charge >= 0.3 is 0 Å². The Morgan fingerprint density at radius 1 is 1.24 bits per heavy atom. The van der Waals surface area contributed by atoms with Crippen molar-refractivity contribution in [2.24, 2.45) is 0 Å². The van der Waals surface area contributed by atoms with E-state index in [0.29, 0.717) is 0 Å². The monoisotopic (exact) mass is 413 g/mol. The smallest absolute Gasteiger partial charge is 0.0767 e. The van der Waals surface area contributed by atoms with Crippen molar-refractivity contribution < 1.29 is 0 Å². The van der Waals surface area contributed by atoms with E-state index >= 15 is 0 Å². The molecule has 0 spiro atoms. The molecule has 1 aromatic carbocycles. The number of hydrogen-bond acceptors (Lipinski definition) is 2. The molecule has 0 aliphatic heterocycles. The topological polar surface area (TPSA) is 29.9 Å². The number of benzene rings is 1. The van der Waals surface area contributed by atoms with E-state index < -0.39 is 0 Å². The largest absolute Gasteiger partial charge is 0.304 e. The van der Waals surface area contributed by atoms with Gasteiger partial charge in [0.05, 0.1) is 15.9 Å². The van der Waals surface area contributed by atoms with Crippen LogP contribution in [0.2, 0.25) is 0 Å². The van der Waals surface area contributed by atoms with Crippen molar-refractivity contribution in [3.63, 3.8) is 0 Å². The molecule has 0 bridgehead atoms. The maximum absolute atomic E-state index is 4.64. The lowest BCUT2D eigenvalue weighted by Gasteiger charge is -2.16. The highest BCUT2D eigenvalue weighted by Gasteiger charge is 2.15. The minimum absolute atomic E-state index is 0.276. The maximum atomic E-state index is 4.64. The first kappa shape index (κ1) is 16.7. The molecule has 3 nitrogen and oxygen atoms in total. The molecule has 0 saturated heterocycles. The van der Waals surface area contributed by atoms with Gasteiger partial charge in [0.15, 0.2) is 0 Å². The Hall–Kier alpha value is -0.650. The molecule has 2 aromatic rings. The summed E-state index contributed by atoms with van der Waals surface area (Å²) < 4.78 is 4.35. The third-order valence-electron chi connectivity index (χ3n) is 3.64. The predicted octanol–water partition coefficient (Wildman–Crippen LogP) is 4.84. The van der Waals surface area contributed by atoms with Crippen LogP contribution in [-0.4, -0.2) is 9.78 Å². The molecule has 0 radical (unpaired) electrons. The molecule has 114 valence electrons. The fourth-order valence-electron chi connectivity index (χ4n) is 2.37. The van der Waals surface area contributed by atoms with Crippen LogP contribution in [0.3, 0.4) is 0 Å². The van der Waals surface area contributed by atoms with Crippen molar-refractivity contribution in [2.45, 2.75) is 46.3 Å². The standard InChI is InChI=1S/C16H21Br2N3/c1-4-14-16(18)15(21(5-2)20-14)10-19-11(3)12-8-6-7-9-13(12)17/h6-9,11,19H,4-5,10H2,1-3H3/t11-/m1/s1. The summed E-state index contributed by atoms with van der Waals surface area (Å²) in [6.07, 6.45) is 0.945. The molecular weight excluding hydrogens is 394 g/mol. The predicted molar refractivity (Wildman–Crippen MR) is 94.4 cm³/mol. The second-order valence-electron chi connectivity index (χ2n) is 5.00. The summed E-state index contributed by atoms with van der Waals surface area (Å²) in [6, 6.07) is 8.61. The average molecular weight is 415 g/mol. The third kappa shape index (κ3) is 3.76. The highest BCUT2D eigenvalue weighted by atomic mass is 79.9. The Bertz CT molecular complexity index is 608. The zero-order valence-corrected chi connectivity index (χ0v) is 15.8. The van der Waals surface area contributed by atoms with Gasteiger partial charge in [0.1, 0.15) is 0 Å². The van der Waals surface area contributed by atoms with Crippen LogP contribution in [0.5, 0.6) is 0 Å². The lowest BCUT2D eigenvalue weighted by Crippen LogP contribution is -2.20. The summed E-state index contributed by atoms with van der Waals surface area (Å²) in [5.74, 6) is 0. The highest BCUT2D eigenvalue weighted by Crippen LogP contribution is 2.25. The van der Waals surface area contributed by atoms with Crippen LogP contribution >= 0.6 is 31.9 Å². The van der Waals surface area contributed by atoms with E-state index in [4.69, 9.17) is 0 Å². The zero-order valence-electron chi connectivity index (χ0n) is 12.7. The number of nitrogens with one attached hydrogen (secondary N) is 1. The van der Waals surface area contributed by atoms with Crippen LogP contribution in [-0.2, 0) is 19.5 Å². The molecule has 0 aliphatic carbocycles. The first-order valence-corrected chi connectivity index (χ1v) is 8.88. The van der Waals surface area contributed by atoms with Gasteiger partial charge < -0.3 is 5.32 Å². The molecular formula is C16H21Br2N3. The molecule has 0 fully saturated rings. The molecule has 1 N–H and O–H groups in total. The minimum atomic E-state index is 0.276. The van der Waals surface area contributed by atoms with E-state index in [1.165, 1.54) is 11.3 Å². The van der Waals surface area contributed by atoms with Crippen LogP contribution in [0.1, 0.15) is 43.8 Å². The van der Waals surface area contributed by atoms with Gasteiger partial charge in [-0.3, -0.25) is 4.68 Å². The summed E-state index contributed by atoms with van der Waals surface area (Å²) in [5.41, 5.74) is 3.61. The summed E-state index contributed by atoms with van der Waals surface area (Å²) in [7, 11) is 0. The molecule has 0 amide bonds. The van der Waals surface area contributed by atoms with Crippen LogP contribution < -0.4 is 5.32 Å². The van der Waals surface area contributed by atoms with E-state index in [9.17, 15) is 0 Å². The number of rotatable bonds is 6. The summed E-state index contributed by atoms with van der Waals surface area (Å²) in [6.45, 7) is 8.12. The van der Waals surface area contributed by atoms with Crippen molar-refractivity contribution in [1.29, 1.82) is 0 Å². The molecule has 2 rings (SSSR count). The maximum Gasteiger partial charge on any atom is 0.0767 e. The van der Waals surface area contributed by atoms with Gasteiger partial charge in [-0.05, 0) is 47.8 Å². The lowest BCUT2D eigenvalue weighted by atomic mass is 10.1. The van der Waals surface area contributed by atoms with Crippen LogP contribution in [0.4, 0.5) is 0 Å². The molecule has 0 saturated carbocycles. The van der Waals surface area contributed by atoms with Gasteiger partial charge in [0, 0.05) is 23.6 Å². The summed E-state index contributed by atoms with van der Waals surface area (Å²) in [4.78, 5) is 0. The van der Waals surface area contributed by atoms with E-state index in [1.54, 1.807) is 0 Å². The van der Waals surface area contributed by atoms with Crippen molar-refractivity contribution in [1.82, 2.24) is 15.1 Å². The fraction of sp³-hybridized carbons (Fsp3) is 0.438. The Morgan fingerprint density at radius 2 is 1.95 bits per heavy atom. The van der Waals surface area contributed by atoms with Crippen molar-refractivity contribution >= 4 is 31.9 Å². The van der Waals surface area contributed by atoms with Crippen molar-refractivity contribution in [2.75, 3.05) is 0 Å². The van der Waals surface area contributed by atoms with Gasteiger partial charge in [-0.2, -0.15) is 5.10 Å². The first-order valence-electron chi connectivity index (χ1n) is 7.30.